The monoisotopic (exact) mass is 488 g/mol. The lowest BCUT2D eigenvalue weighted by Crippen LogP contribution is -2.60. The van der Waals surface area contributed by atoms with Crippen molar-refractivity contribution in [3.05, 3.63) is 65.9 Å². The van der Waals surface area contributed by atoms with E-state index in [2.05, 4.69) is 40.5 Å². The van der Waals surface area contributed by atoms with Gasteiger partial charge in [-0.2, -0.15) is 0 Å². The largest absolute Gasteiger partial charge is 0.427 e. The van der Waals surface area contributed by atoms with Gasteiger partial charge in [-0.3, -0.25) is 10.1 Å². The molecule has 2 aromatic carbocycles. The predicted molar refractivity (Wildman–Crippen MR) is 137 cm³/mol. The molecule has 8 heteroatoms. The maximum Gasteiger partial charge on any atom is 0.427 e. The Bertz CT molecular complexity index is 1330. The van der Waals surface area contributed by atoms with Crippen LogP contribution in [0, 0.1) is 5.92 Å². The van der Waals surface area contributed by atoms with Crippen LogP contribution in [0.4, 0.5) is 10.5 Å². The molecular formula is C28H32N4O4. The van der Waals surface area contributed by atoms with Gasteiger partial charge < -0.3 is 19.0 Å². The zero-order chi connectivity index (χ0) is 25.1. The Morgan fingerprint density at radius 2 is 1.83 bits per heavy atom. The second-order valence-electron chi connectivity index (χ2n) is 10.5. The standard InChI is InChI=1S/C28H32N4O4/c1-18-17-28(18,27(2)29-26(34)36-30-27)32-23-10-9-20(19-11-13-35-14-12-19)15-21(23)16-24(32)25(33)31(3)22-7-5-4-6-8-22/h4-10,15-16,18-19,30H,11-14,17H2,1-3H3,(H,29,34)/t18-,27?,28-/m0/s1. The first kappa shape index (κ1) is 23.1. The van der Waals surface area contributed by atoms with E-state index in [1.807, 2.05) is 43.3 Å². The van der Waals surface area contributed by atoms with Crippen molar-refractivity contribution in [2.75, 3.05) is 25.2 Å². The summed E-state index contributed by atoms with van der Waals surface area (Å²) >= 11 is 0. The number of rotatable bonds is 5. The molecule has 0 spiro atoms. The molecule has 3 aliphatic rings. The maximum atomic E-state index is 14.0. The Hall–Kier alpha value is -3.36. The summed E-state index contributed by atoms with van der Waals surface area (Å²) in [6, 6.07) is 18.2. The van der Waals surface area contributed by atoms with E-state index in [4.69, 9.17) is 9.57 Å². The highest BCUT2D eigenvalue weighted by Crippen LogP contribution is 2.59. The number of nitrogens with one attached hydrogen (secondary N) is 2. The van der Waals surface area contributed by atoms with Gasteiger partial charge in [0.05, 0.1) is 5.54 Å². The number of amides is 2. The summed E-state index contributed by atoms with van der Waals surface area (Å²) in [6.07, 6.45) is 2.28. The van der Waals surface area contributed by atoms with Crippen molar-refractivity contribution in [3.8, 4) is 0 Å². The molecule has 8 nitrogen and oxygen atoms in total. The second kappa shape index (κ2) is 8.35. The van der Waals surface area contributed by atoms with Gasteiger partial charge in [-0.25, -0.2) is 4.79 Å². The third-order valence-corrected chi connectivity index (χ3v) is 8.42. The molecule has 6 rings (SSSR count). The van der Waals surface area contributed by atoms with Crippen molar-refractivity contribution in [2.45, 2.75) is 50.2 Å². The zero-order valence-electron chi connectivity index (χ0n) is 20.9. The Labute approximate surface area is 210 Å². The van der Waals surface area contributed by atoms with Crippen LogP contribution in [0.25, 0.3) is 10.9 Å². The van der Waals surface area contributed by atoms with E-state index < -0.39 is 17.3 Å². The number of carbonyl (C=O) groups excluding carboxylic acids is 2. The number of aromatic nitrogens is 1. The van der Waals surface area contributed by atoms with E-state index in [1.54, 1.807) is 11.9 Å². The Morgan fingerprint density at radius 1 is 1.11 bits per heavy atom. The fourth-order valence-electron chi connectivity index (χ4n) is 6.29. The first-order valence-corrected chi connectivity index (χ1v) is 12.7. The van der Waals surface area contributed by atoms with Crippen molar-refractivity contribution in [3.63, 3.8) is 0 Å². The molecule has 0 radical (unpaired) electrons. The molecule has 1 saturated carbocycles. The molecule has 3 heterocycles. The molecule has 1 aliphatic carbocycles. The van der Waals surface area contributed by atoms with Crippen molar-refractivity contribution in [1.82, 2.24) is 15.4 Å². The number of fused-ring (bicyclic) bond motifs is 1. The minimum absolute atomic E-state index is 0.0997. The number of carbonyl (C=O) groups is 2. The first-order chi connectivity index (χ1) is 17.3. The quantitative estimate of drug-likeness (QED) is 0.552. The number of ether oxygens (including phenoxy) is 1. The van der Waals surface area contributed by atoms with E-state index in [9.17, 15) is 9.59 Å². The average Bonchev–Trinajstić information content (AvgIpc) is 3.26. The van der Waals surface area contributed by atoms with E-state index in [-0.39, 0.29) is 11.8 Å². The van der Waals surface area contributed by atoms with E-state index in [0.717, 1.165) is 49.1 Å². The smallest absolute Gasteiger partial charge is 0.381 e. The molecule has 1 unspecified atom stereocenters. The lowest BCUT2D eigenvalue weighted by Gasteiger charge is -2.36. The van der Waals surface area contributed by atoms with Gasteiger partial charge in [0.2, 0.25) is 0 Å². The molecule has 188 valence electrons. The van der Waals surface area contributed by atoms with Gasteiger partial charge in [0, 0.05) is 36.9 Å². The highest BCUT2D eigenvalue weighted by Gasteiger charge is 2.68. The number of benzene rings is 2. The van der Waals surface area contributed by atoms with Gasteiger partial charge in [0.1, 0.15) is 11.4 Å². The first-order valence-electron chi connectivity index (χ1n) is 12.7. The summed E-state index contributed by atoms with van der Waals surface area (Å²) in [5.74, 6) is 0.557. The Kier molecular flexibility index (Phi) is 5.35. The van der Waals surface area contributed by atoms with Gasteiger partial charge in [-0.1, -0.05) is 31.2 Å². The summed E-state index contributed by atoms with van der Waals surface area (Å²) in [5.41, 5.74) is 5.17. The van der Waals surface area contributed by atoms with E-state index in [0.29, 0.717) is 11.6 Å². The lowest BCUT2D eigenvalue weighted by molar-refractivity contribution is 0.0622. The van der Waals surface area contributed by atoms with Crippen molar-refractivity contribution in [2.24, 2.45) is 5.92 Å². The van der Waals surface area contributed by atoms with E-state index >= 15 is 0 Å². The summed E-state index contributed by atoms with van der Waals surface area (Å²) in [7, 11) is 1.80. The van der Waals surface area contributed by atoms with Crippen molar-refractivity contribution >= 4 is 28.6 Å². The second-order valence-corrected chi connectivity index (χ2v) is 10.5. The van der Waals surface area contributed by atoms with Crippen LogP contribution in [0.1, 0.15) is 55.1 Å². The van der Waals surface area contributed by atoms with Gasteiger partial charge >= 0.3 is 6.09 Å². The number of hydrogen-bond donors (Lipinski definition) is 2. The summed E-state index contributed by atoms with van der Waals surface area (Å²) < 4.78 is 7.71. The summed E-state index contributed by atoms with van der Waals surface area (Å²) in [6.45, 7) is 5.63. The lowest BCUT2D eigenvalue weighted by atomic mass is 9.91. The molecule has 3 fully saturated rings. The molecule has 36 heavy (non-hydrogen) atoms. The van der Waals surface area contributed by atoms with Crippen LogP contribution in [0.2, 0.25) is 0 Å². The normalized spacial score (nSPS) is 28.1. The predicted octanol–water partition coefficient (Wildman–Crippen LogP) is 4.51. The molecule has 2 N–H and O–H groups in total. The van der Waals surface area contributed by atoms with E-state index in [1.165, 1.54) is 5.56 Å². The van der Waals surface area contributed by atoms with Gasteiger partial charge in [0.25, 0.3) is 5.91 Å². The fraction of sp³-hybridized carbons (Fsp3) is 0.429. The van der Waals surface area contributed by atoms with Crippen molar-refractivity contribution < 1.29 is 19.2 Å². The molecule has 2 saturated heterocycles. The molecule has 3 aromatic rings. The number of hydrogen-bond acceptors (Lipinski definition) is 5. The minimum Gasteiger partial charge on any atom is -0.381 e. The average molecular weight is 489 g/mol. The van der Waals surface area contributed by atoms with Crippen LogP contribution < -0.4 is 15.7 Å². The van der Waals surface area contributed by atoms with Crippen LogP contribution in [0.3, 0.4) is 0 Å². The van der Waals surface area contributed by atoms with Crippen LogP contribution >= 0.6 is 0 Å². The summed E-state index contributed by atoms with van der Waals surface area (Å²) in [4.78, 5) is 33.0. The molecule has 3 atom stereocenters. The highest BCUT2D eigenvalue weighted by atomic mass is 16.7. The summed E-state index contributed by atoms with van der Waals surface area (Å²) in [5, 5.41) is 4.00. The number of nitrogens with zero attached hydrogens (tertiary/aromatic N) is 2. The number of para-hydroxylation sites is 1. The SMILES string of the molecule is C[C@H]1C[C@@]1(n1c(C(=O)N(C)c2ccccc2)cc2cc(C3CCOCC3)ccc21)C1(C)NOC(=O)N1. The third-order valence-electron chi connectivity index (χ3n) is 8.42. The number of hydroxylamine groups is 1. The maximum absolute atomic E-state index is 14.0. The van der Waals surface area contributed by atoms with Gasteiger partial charge in [-0.15, -0.1) is 5.48 Å². The van der Waals surface area contributed by atoms with Crippen LogP contribution in [-0.4, -0.2) is 42.5 Å². The molecule has 2 aliphatic heterocycles. The third kappa shape index (κ3) is 3.43. The molecule has 2 amide bonds. The van der Waals surface area contributed by atoms with Crippen LogP contribution in [0.5, 0.6) is 0 Å². The minimum atomic E-state index is -0.866. The number of anilines is 1. The van der Waals surface area contributed by atoms with Crippen LogP contribution in [0.15, 0.2) is 54.6 Å². The zero-order valence-corrected chi connectivity index (χ0v) is 20.9. The highest BCUT2D eigenvalue weighted by molar-refractivity contribution is 6.08. The Balaban J connectivity index is 1.51. The van der Waals surface area contributed by atoms with Crippen molar-refractivity contribution in [1.29, 1.82) is 0 Å². The molecule has 1 aromatic heterocycles. The Morgan fingerprint density at radius 3 is 2.47 bits per heavy atom. The van der Waals surface area contributed by atoms with Gasteiger partial charge in [0.15, 0.2) is 0 Å². The topological polar surface area (TPSA) is 84.8 Å². The molecular weight excluding hydrogens is 456 g/mol. The van der Waals surface area contributed by atoms with Crippen LogP contribution in [-0.2, 0) is 15.1 Å². The van der Waals surface area contributed by atoms with Gasteiger partial charge in [-0.05, 0) is 73.9 Å². The molecule has 0 bridgehead atoms. The fourth-order valence-corrected chi connectivity index (χ4v) is 6.29.